The SMILES string of the molecule is N#Cc1ccc(OCC(=O)N2CCCCC2c2nc(-c3ccc4c(c3)CC(=O)N4)no2)cc1. The zero-order chi connectivity index (χ0) is 22.8. The number of anilines is 1. The van der Waals surface area contributed by atoms with Gasteiger partial charge in [-0.2, -0.15) is 10.2 Å². The number of hydrogen-bond acceptors (Lipinski definition) is 7. The molecule has 3 aromatic rings. The predicted molar refractivity (Wildman–Crippen MR) is 117 cm³/mol. The van der Waals surface area contributed by atoms with Crippen LogP contribution >= 0.6 is 0 Å². The van der Waals surface area contributed by atoms with E-state index in [1.807, 2.05) is 18.2 Å². The number of amides is 2. The van der Waals surface area contributed by atoms with Crippen molar-refractivity contribution in [3.63, 3.8) is 0 Å². The topological polar surface area (TPSA) is 121 Å². The van der Waals surface area contributed by atoms with Crippen molar-refractivity contribution in [2.75, 3.05) is 18.5 Å². The smallest absolute Gasteiger partial charge is 0.261 e. The average Bonchev–Trinajstić information content (AvgIpc) is 3.48. The number of piperidine rings is 1. The van der Waals surface area contributed by atoms with Crippen molar-refractivity contribution in [3.8, 4) is 23.2 Å². The molecule has 1 fully saturated rings. The fourth-order valence-electron chi connectivity index (χ4n) is 4.20. The summed E-state index contributed by atoms with van der Waals surface area (Å²) in [5.41, 5.74) is 3.00. The Morgan fingerprint density at radius 2 is 2.09 bits per heavy atom. The first kappa shape index (κ1) is 20.7. The Bertz CT molecular complexity index is 1240. The quantitative estimate of drug-likeness (QED) is 0.642. The normalized spacial score (nSPS) is 17.2. The minimum absolute atomic E-state index is 0.0319. The van der Waals surface area contributed by atoms with E-state index in [-0.39, 0.29) is 24.5 Å². The summed E-state index contributed by atoms with van der Waals surface area (Å²) in [5.74, 6) is 1.16. The lowest BCUT2D eigenvalue weighted by Crippen LogP contribution is -2.41. The van der Waals surface area contributed by atoms with Crippen LogP contribution in [0.2, 0.25) is 0 Å². The molecule has 2 aromatic carbocycles. The van der Waals surface area contributed by atoms with Crippen molar-refractivity contribution in [2.45, 2.75) is 31.7 Å². The van der Waals surface area contributed by atoms with Gasteiger partial charge < -0.3 is 19.5 Å². The van der Waals surface area contributed by atoms with Crippen LogP contribution in [-0.4, -0.2) is 40.0 Å². The second-order valence-electron chi connectivity index (χ2n) is 8.08. The Hall–Kier alpha value is -4.19. The molecule has 9 heteroatoms. The zero-order valence-corrected chi connectivity index (χ0v) is 17.8. The van der Waals surface area contributed by atoms with E-state index in [0.717, 1.165) is 36.1 Å². The molecule has 9 nitrogen and oxygen atoms in total. The minimum atomic E-state index is -0.310. The summed E-state index contributed by atoms with van der Waals surface area (Å²) in [6, 6.07) is 13.9. The zero-order valence-electron chi connectivity index (χ0n) is 17.8. The van der Waals surface area contributed by atoms with Crippen LogP contribution in [0.3, 0.4) is 0 Å². The number of fused-ring (bicyclic) bond motifs is 1. The molecule has 2 amide bonds. The molecule has 1 unspecified atom stereocenters. The first-order chi connectivity index (χ1) is 16.1. The first-order valence-electron chi connectivity index (χ1n) is 10.8. The van der Waals surface area contributed by atoms with E-state index in [1.54, 1.807) is 29.2 Å². The van der Waals surface area contributed by atoms with E-state index in [4.69, 9.17) is 14.5 Å². The lowest BCUT2D eigenvalue weighted by Gasteiger charge is -2.33. The van der Waals surface area contributed by atoms with Gasteiger partial charge in [0.25, 0.3) is 5.91 Å². The number of likely N-dealkylation sites (tertiary alicyclic amines) is 1. The number of hydrogen-bond donors (Lipinski definition) is 1. The number of carbonyl (C=O) groups excluding carboxylic acids is 2. The van der Waals surface area contributed by atoms with Crippen molar-refractivity contribution in [2.24, 2.45) is 0 Å². The van der Waals surface area contributed by atoms with Gasteiger partial charge in [-0.3, -0.25) is 9.59 Å². The maximum atomic E-state index is 12.9. The highest BCUT2D eigenvalue weighted by molar-refractivity contribution is 5.99. The maximum Gasteiger partial charge on any atom is 0.261 e. The van der Waals surface area contributed by atoms with Gasteiger partial charge in [-0.05, 0) is 67.3 Å². The van der Waals surface area contributed by atoms with Crippen LogP contribution in [0.15, 0.2) is 47.0 Å². The molecule has 1 saturated heterocycles. The monoisotopic (exact) mass is 443 g/mol. The Morgan fingerprint density at radius 3 is 2.91 bits per heavy atom. The van der Waals surface area contributed by atoms with Crippen molar-refractivity contribution in [3.05, 3.63) is 59.5 Å². The molecule has 3 heterocycles. The number of nitriles is 1. The molecule has 0 saturated carbocycles. The van der Waals surface area contributed by atoms with E-state index in [2.05, 4.69) is 21.5 Å². The van der Waals surface area contributed by atoms with Gasteiger partial charge in [0.05, 0.1) is 18.1 Å². The fourth-order valence-corrected chi connectivity index (χ4v) is 4.20. The van der Waals surface area contributed by atoms with E-state index in [0.29, 0.717) is 36.0 Å². The molecule has 166 valence electrons. The molecule has 0 radical (unpaired) electrons. The van der Waals surface area contributed by atoms with Gasteiger partial charge in [-0.15, -0.1) is 0 Å². The third-order valence-electron chi connectivity index (χ3n) is 5.88. The molecule has 2 aliphatic rings. The van der Waals surface area contributed by atoms with E-state index in [9.17, 15) is 9.59 Å². The third-order valence-corrected chi connectivity index (χ3v) is 5.88. The molecule has 2 aliphatic heterocycles. The lowest BCUT2D eigenvalue weighted by molar-refractivity contribution is -0.138. The molecular formula is C24H21N5O4. The lowest BCUT2D eigenvalue weighted by atomic mass is 10.0. The second-order valence-corrected chi connectivity index (χ2v) is 8.08. The largest absolute Gasteiger partial charge is 0.484 e. The fraction of sp³-hybridized carbons (Fsp3) is 0.292. The highest BCUT2D eigenvalue weighted by Crippen LogP contribution is 2.33. The van der Waals surface area contributed by atoms with Crippen LogP contribution in [0.5, 0.6) is 5.75 Å². The molecule has 5 rings (SSSR count). The first-order valence-corrected chi connectivity index (χ1v) is 10.8. The summed E-state index contributed by atoms with van der Waals surface area (Å²) < 4.78 is 11.2. The van der Waals surface area contributed by atoms with Gasteiger partial charge in [-0.1, -0.05) is 5.16 Å². The highest BCUT2D eigenvalue weighted by atomic mass is 16.5. The number of carbonyl (C=O) groups is 2. The number of ether oxygens (including phenoxy) is 1. The average molecular weight is 443 g/mol. The molecule has 1 aromatic heterocycles. The van der Waals surface area contributed by atoms with Gasteiger partial charge in [0.15, 0.2) is 6.61 Å². The second kappa shape index (κ2) is 8.74. The summed E-state index contributed by atoms with van der Waals surface area (Å²) in [4.78, 5) is 30.8. The summed E-state index contributed by atoms with van der Waals surface area (Å²) in [5, 5.41) is 15.8. The molecule has 1 atom stereocenters. The van der Waals surface area contributed by atoms with Gasteiger partial charge in [0.1, 0.15) is 11.8 Å². The van der Waals surface area contributed by atoms with Crippen LogP contribution in [0, 0.1) is 11.3 Å². The Balaban J connectivity index is 1.29. The highest BCUT2D eigenvalue weighted by Gasteiger charge is 2.32. The minimum Gasteiger partial charge on any atom is -0.484 e. The third kappa shape index (κ3) is 4.28. The summed E-state index contributed by atoms with van der Waals surface area (Å²) in [7, 11) is 0. The van der Waals surface area contributed by atoms with E-state index < -0.39 is 0 Å². The molecular weight excluding hydrogens is 422 g/mol. The Morgan fingerprint density at radius 1 is 1.24 bits per heavy atom. The number of nitrogens with one attached hydrogen (secondary N) is 1. The predicted octanol–water partition coefficient (Wildman–Crippen LogP) is 3.24. The maximum absolute atomic E-state index is 12.9. The molecule has 0 aliphatic carbocycles. The van der Waals surface area contributed by atoms with Gasteiger partial charge >= 0.3 is 0 Å². The number of benzene rings is 2. The van der Waals surface area contributed by atoms with Crippen LogP contribution in [-0.2, 0) is 16.0 Å². The number of aromatic nitrogens is 2. The van der Waals surface area contributed by atoms with Crippen molar-refractivity contribution in [1.29, 1.82) is 5.26 Å². The van der Waals surface area contributed by atoms with Gasteiger partial charge in [-0.25, -0.2) is 0 Å². The molecule has 1 N–H and O–H groups in total. The van der Waals surface area contributed by atoms with Crippen molar-refractivity contribution in [1.82, 2.24) is 15.0 Å². The van der Waals surface area contributed by atoms with Crippen LogP contribution < -0.4 is 10.1 Å². The summed E-state index contributed by atoms with van der Waals surface area (Å²) >= 11 is 0. The van der Waals surface area contributed by atoms with E-state index >= 15 is 0 Å². The van der Waals surface area contributed by atoms with Gasteiger partial charge in [0.2, 0.25) is 17.6 Å². The Kier molecular flexibility index (Phi) is 5.48. The van der Waals surface area contributed by atoms with Crippen LogP contribution in [0.25, 0.3) is 11.4 Å². The molecule has 0 bridgehead atoms. The number of nitrogens with zero attached hydrogens (tertiary/aromatic N) is 4. The van der Waals surface area contributed by atoms with Crippen molar-refractivity contribution >= 4 is 17.5 Å². The molecule has 0 spiro atoms. The standard InChI is InChI=1S/C24H21N5O4/c25-13-15-4-7-18(8-5-15)32-14-22(31)29-10-2-1-3-20(29)24-27-23(28-33-24)16-6-9-19-17(11-16)12-21(30)26-19/h4-9,11,20H,1-3,10,12,14H2,(H,26,30). The summed E-state index contributed by atoms with van der Waals surface area (Å²) in [6.07, 6.45) is 2.91. The van der Waals surface area contributed by atoms with E-state index in [1.165, 1.54) is 0 Å². The van der Waals surface area contributed by atoms with Crippen LogP contribution in [0.1, 0.15) is 42.3 Å². The molecule has 33 heavy (non-hydrogen) atoms. The van der Waals surface area contributed by atoms with Crippen molar-refractivity contribution < 1.29 is 18.8 Å². The number of rotatable bonds is 5. The summed E-state index contributed by atoms with van der Waals surface area (Å²) in [6.45, 7) is 0.472. The van der Waals surface area contributed by atoms with Gasteiger partial charge in [0, 0.05) is 17.8 Å². The Labute approximate surface area is 190 Å². The van der Waals surface area contributed by atoms with Crippen LogP contribution in [0.4, 0.5) is 5.69 Å².